The summed E-state index contributed by atoms with van der Waals surface area (Å²) >= 11 is 0. The predicted octanol–water partition coefficient (Wildman–Crippen LogP) is 1.28. The van der Waals surface area contributed by atoms with Gasteiger partial charge < -0.3 is 14.8 Å². The third kappa shape index (κ3) is 3.84. The minimum atomic E-state index is -0.210. The molecule has 0 saturated heterocycles. The quantitative estimate of drug-likeness (QED) is 0.829. The highest BCUT2D eigenvalue weighted by Gasteiger charge is 2.18. The van der Waals surface area contributed by atoms with E-state index in [1.165, 1.54) is 0 Å². The van der Waals surface area contributed by atoms with E-state index in [1.807, 2.05) is 17.7 Å². The van der Waals surface area contributed by atoms with Crippen LogP contribution in [0.15, 0.2) is 12.5 Å². The van der Waals surface area contributed by atoms with Crippen molar-refractivity contribution in [2.75, 3.05) is 20.6 Å². The molecular formula is C13H24N4O. The highest BCUT2D eigenvalue weighted by Crippen LogP contribution is 2.12. The largest absolute Gasteiger partial charge is 0.347 e. The van der Waals surface area contributed by atoms with Crippen LogP contribution in [0.3, 0.4) is 0 Å². The van der Waals surface area contributed by atoms with E-state index < -0.39 is 0 Å². The van der Waals surface area contributed by atoms with Crippen LogP contribution in [0.1, 0.15) is 32.5 Å². The minimum Gasteiger partial charge on any atom is -0.347 e. The lowest BCUT2D eigenvalue weighted by Crippen LogP contribution is -2.31. The molecule has 0 fully saturated rings. The second kappa shape index (κ2) is 6.54. The Labute approximate surface area is 109 Å². The van der Waals surface area contributed by atoms with Crippen molar-refractivity contribution in [1.82, 2.24) is 19.8 Å². The van der Waals surface area contributed by atoms with Gasteiger partial charge >= 0.3 is 0 Å². The van der Waals surface area contributed by atoms with Gasteiger partial charge in [-0.05, 0) is 19.4 Å². The summed E-state index contributed by atoms with van der Waals surface area (Å²) < 4.78 is 1.93. The van der Waals surface area contributed by atoms with Crippen molar-refractivity contribution in [3.8, 4) is 0 Å². The van der Waals surface area contributed by atoms with Gasteiger partial charge in [-0.2, -0.15) is 0 Å². The molecule has 5 heteroatoms. The summed E-state index contributed by atoms with van der Waals surface area (Å²) in [5.41, 5.74) is 1.04. The summed E-state index contributed by atoms with van der Waals surface area (Å²) in [6.45, 7) is 7.94. The van der Waals surface area contributed by atoms with Crippen molar-refractivity contribution >= 4 is 5.91 Å². The molecule has 1 aromatic heterocycles. The minimum absolute atomic E-state index is 0.0816. The standard InChI is InChI=1S/C13H24N4O/c1-10(2)6-14-7-12-8-15-9-17(12)11(3)13(18)16(4)5/h8-11,14H,6-7H2,1-5H3. The fraction of sp³-hybridized carbons (Fsp3) is 0.692. The molecular weight excluding hydrogens is 228 g/mol. The molecule has 0 aliphatic carbocycles. The van der Waals surface area contributed by atoms with Gasteiger partial charge in [0.25, 0.3) is 0 Å². The molecule has 0 radical (unpaired) electrons. The van der Waals surface area contributed by atoms with Crippen molar-refractivity contribution in [2.24, 2.45) is 5.92 Å². The van der Waals surface area contributed by atoms with Crippen LogP contribution in [0.5, 0.6) is 0 Å². The average molecular weight is 252 g/mol. The smallest absolute Gasteiger partial charge is 0.244 e. The number of amides is 1. The number of hydrogen-bond acceptors (Lipinski definition) is 3. The van der Waals surface area contributed by atoms with Crippen LogP contribution in [-0.4, -0.2) is 41.0 Å². The highest BCUT2D eigenvalue weighted by molar-refractivity contribution is 5.79. The van der Waals surface area contributed by atoms with Gasteiger partial charge in [-0.15, -0.1) is 0 Å². The maximum absolute atomic E-state index is 11.9. The fourth-order valence-electron chi connectivity index (χ4n) is 1.80. The number of carbonyl (C=O) groups is 1. The van der Waals surface area contributed by atoms with Gasteiger partial charge in [0, 0.05) is 26.8 Å². The highest BCUT2D eigenvalue weighted by atomic mass is 16.2. The topological polar surface area (TPSA) is 50.2 Å². The molecule has 0 aromatic carbocycles. The lowest BCUT2D eigenvalue weighted by molar-refractivity contribution is -0.131. The molecule has 1 heterocycles. The van der Waals surface area contributed by atoms with Gasteiger partial charge in [-0.3, -0.25) is 4.79 Å². The zero-order chi connectivity index (χ0) is 13.7. The van der Waals surface area contributed by atoms with E-state index in [0.29, 0.717) is 5.92 Å². The molecule has 0 aliphatic rings. The zero-order valence-electron chi connectivity index (χ0n) is 12.0. The van der Waals surface area contributed by atoms with Crippen LogP contribution in [-0.2, 0) is 11.3 Å². The number of hydrogen-bond donors (Lipinski definition) is 1. The molecule has 5 nitrogen and oxygen atoms in total. The van der Waals surface area contributed by atoms with E-state index in [-0.39, 0.29) is 11.9 Å². The van der Waals surface area contributed by atoms with E-state index in [2.05, 4.69) is 24.1 Å². The molecule has 0 spiro atoms. The van der Waals surface area contributed by atoms with Gasteiger partial charge in [-0.25, -0.2) is 4.98 Å². The number of carbonyl (C=O) groups excluding carboxylic acids is 1. The van der Waals surface area contributed by atoms with Crippen LogP contribution < -0.4 is 5.32 Å². The molecule has 102 valence electrons. The SMILES string of the molecule is CC(C)CNCc1cncn1C(C)C(=O)N(C)C. The van der Waals surface area contributed by atoms with Gasteiger partial charge in [0.2, 0.25) is 5.91 Å². The van der Waals surface area contributed by atoms with E-state index in [0.717, 1.165) is 18.8 Å². The van der Waals surface area contributed by atoms with Gasteiger partial charge in [0.05, 0.1) is 12.0 Å². The Morgan fingerprint density at radius 2 is 2.11 bits per heavy atom. The molecule has 1 rings (SSSR count). The number of likely N-dealkylation sites (N-methyl/N-ethyl adjacent to an activating group) is 1. The first-order chi connectivity index (χ1) is 8.43. The molecule has 1 N–H and O–H groups in total. The normalized spacial score (nSPS) is 12.8. The van der Waals surface area contributed by atoms with E-state index >= 15 is 0 Å². The Kier molecular flexibility index (Phi) is 5.34. The monoisotopic (exact) mass is 252 g/mol. The van der Waals surface area contributed by atoms with Crippen molar-refractivity contribution in [1.29, 1.82) is 0 Å². The van der Waals surface area contributed by atoms with Gasteiger partial charge in [0.1, 0.15) is 6.04 Å². The summed E-state index contributed by atoms with van der Waals surface area (Å²) in [7, 11) is 3.54. The molecule has 18 heavy (non-hydrogen) atoms. The van der Waals surface area contributed by atoms with Crippen LogP contribution in [0.4, 0.5) is 0 Å². The van der Waals surface area contributed by atoms with E-state index in [1.54, 1.807) is 25.3 Å². The first-order valence-corrected chi connectivity index (χ1v) is 6.36. The maximum atomic E-state index is 11.9. The predicted molar refractivity (Wildman–Crippen MR) is 72.2 cm³/mol. The van der Waals surface area contributed by atoms with Crippen molar-refractivity contribution in [2.45, 2.75) is 33.4 Å². The molecule has 1 aromatic rings. The Bertz CT molecular complexity index is 384. The second-order valence-corrected chi connectivity index (χ2v) is 5.23. The van der Waals surface area contributed by atoms with E-state index in [9.17, 15) is 4.79 Å². The molecule has 1 atom stereocenters. The molecule has 0 saturated carbocycles. The Morgan fingerprint density at radius 3 is 2.67 bits per heavy atom. The zero-order valence-corrected chi connectivity index (χ0v) is 12.0. The van der Waals surface area contributed by atoms with Crippen molar-refractivity contribution < 1.29 is 4.79 Å². The third-order valence-electron chi connectivity index (χ3n) is 2.82. The Balaban J connectivity index is 2.67. The molecule has 0 aliphatic heterocycles. The summed E-state index contributed by atoms with van der Waals surface area (Å²) in [6.07, 6.45) is 3.53. The Hall–Kier alpha value is -1.36. The first-order valence-electron chi connectivity index (χ1n) is 6.36. The molecule has 0 bridgehead atoms. The fourth-order valence-corrected chi connectivity index (χ4v) is 1.80. The van der Waals surface area contributed by atoms with E-state index in [4.69, 9.17) is 0 Å². The molecule has 1 unspecified atom stereocenters. The van der Waals surface area contributed by atoms with Crippen molar-refractivity contribution in [3.63, 3.8) is 0 Å². The number of aromatic nitrogens is 2. The van der Waals surface area contributed by atoms with Crippen LogP contribution in [0.25, 0.3) is 0 Å². The van der Waals surface area contributed by atoms with Gasteiger partial charge in [0.15, 0.2) is 0 Å². The lowest BCUT2D eigenvalue weighted by atomic mass is 10.2. The summed E-state index contributed by atoms with van der Waals surface area (Å²) in [5.74, 6) is 0.695. The van der Waals surface area contributed by atoms with Crippen LogP contribution >= 0.6 is 0 Å². The number of rotatable bonds is 6. The van der Waals surface area contributed by atoms with Gasteiger partial charge in [-0.1, -0.05) is 13.8 Å². The maximum Gasteiger partial charge on any atom is 0.244 e. The second-order valence-electron chi connectivity index (χ2n) is 5.23. The number of nitrogens with zero attached hydrogens (tertiary/aromatic N) is 3. The molecule has 1 amide bonds. The Morgan fingerprint density at radius 1 is 1.44 bits per heavy atom. The average Bonchev–Trinajstić information content (AvgIpc) is 2.74. The summed E-state index contributed by atoms with van der Waals surface area (Å²) in [5, 5.41) is 3.36. The lowest BCUT2D eigenvalue weighted by Gasteiger charge is -2.20. The summed E-state index contributed by atoms with van der Waals surface area (Å²) in [4.78, 5) is 17.7. The first kappa shape index (κ1) is 14.7. The third-order valence-corrected chi connectivity index (χ3v) is 2.82. The number of nitrogens with one attached hydrogen (secondary N) is 1. The van der Waals surface area contributed by atoms with Crippen molar-refractivity contribution in [3.05, 3.63) is 18.2 Å². The summed E-state index contributed by atoms with van der Waals surface area (Å²) in [6, 6.07) is -0.210. The van der Waals surface area contributed by atoms with Crippen LogP contribution in [0, 0.1) is 5.92 Å². The van der Waals surface area contributed by atoms with Crippen LogP contribution in [0.2, 0.25) is 0 Å². The number of imidazole rings is 1.